The second kappa shape index (κ2) is 4.84. The van der Waals surface area contributed by atoms with Gasteiger partial charge >= 0.3 is 0 Å². The lowest BCUT2D eigenvalue weighted by molar-refractivity contribution is -0.122. The maximum absolute atomic E-state index is 12.7. The molecule has 1 aliphatic rings. The average molecular weight is 237 g/mol. The molecule has 0 aromatic heterocycles. The maximum Gasteiger partial charge on any atom is 0.223 e. The molecule has 4 heteroatoms. The van der Waals surface area contributed by atoms with Crippen LogP contribution in [0.3, 0.4) is 0 Å². The zero-order chi connectivity index (χ0) is 12.4. The Balaban J connectivity index is 1.87. The molecule has 0 bridgehead atoms. The molecule has 17 heavy (non-hydrogen) atoms. The van der Waals surface area contributed by atoms with Crippen LogP contribution in [0.25, 0.3) is 0 Å². The highest BCUT2D eigenvalue weighted by Gasteiger charge is 2.43. The van der Waals surface area contributed by atoms with Crippen molar-refractivity contribution in [1.29, 1.82) is 0 Å². The SMILES string of the molecule is C[C@H](O)CNC(=O)[C@H]1C[C@@H]1c1ccc(F)cc1. The van der Waals surface area contributed by atoms with Gasteiger partial charge in [-0.25, -0.2) is 4.39 Å². The number of rotatable bonds is 4. The fourth-order valence-electron chi connectivity index (χ4n) is 1.94. The molecule has 2 N–H and O–H groups in total. The van der Waals surface area contributed by atoms with E-state index in [0.29, 0.717) is 0 Å². The largest absolute Gasteiger partial charge is 0.392 e. The summed E-state index contributed by atoms with van der Waals surface area (Å²) in [6.45, 7) is 1.91. The van der Waals surface area contributed by atoms with Crippen LogP contribution in [0.5, 0.6) is 0 Å². The van der Waals surface area contributed by atoms with E-state index in [-0.39, 0.29) is 30.1 Å². The number of aliphatic hydroxyl groups is 1. The molecular formula is C13H16FNO2. The Labute approximate surface area is 99.7 Å². The van der Waals surface area contributed by atoms with Gasteiger partial charge in [0, 0.05) is 12.5 Å². The van der Waals surface area contributed by atoms with Crippen LogP contribution in [-0.4, -0.2) is 23.7 Å². The molecule has 1 fully saturated rings. The minimum Gasteiger partial charge on any atom is -0.392 e. The number of aliphatic hydroxyl groups excluding tert-OH is 1. The van der Waals surface area contributed by atoms with Gasteiger partial charge in [0.05, 0.1) is 6.10 Å². The average Bonchev–Trinajstić information content (AvgIpc) is 3.07. The number of carbonyl (C=O) groups excluding carboxylic acids is 1. The quantitative estimate of drug-likeness (QED) is 0.832. The van der Waals surface area contributed by atoms with Crippen molar-refractivity contribution >= 4 is 5.91 Å². The highest BCUT2D eigenvalue weighted by molar-refractivity contribution is 5.82. The summed E-state index contributed by atoms with van der Waals surface area (Å²) in [5.74, 6) is -0.117. The molecule has 1 amide bonds. The van der Waals surface area contributed by atoms with Gasteiger partial charge in [-0.15, -0.1) is 0 Å². The summed E-state index contributed by atoms with van der Waals surface area (Å²) in [6, 6.07) is 6.28. The van der Waals surface area contributed by atoms with Gasteiger partial charge in [0.1, 0.15) is 5.82 Å². The number of nitrogens with one attached hydrogen (secondary N) is 1. The minimum atomic E-state index is -0.526. The van der Waals surface area contributed by atoms with E-state index in [4.69, 9.17) is 5.11 Å². The summed E-state index contributed by atoms with van der Waals surface area (Å²) in [6.07, 6.45) is 0.277. The first-order valence-corrected chi connectivity index (χ1v) is 5.79. The molecule has 0 spiro atoms. The summed E-state index contributed by atoms with van der Waals surface area (Å²) >= 11 is 0. The van der Waals surface area contributed by atoms with Crippen LogP contribution in [0.4, 0.5) is 4.39 Å². The smallest absolute Gasteiger partial charge is 0.223 e. The molecule has 1 aliphatic carbocycles. The Kier molecular flexibility index (Phi) is 3.43. The third kappa shape index (κ3) is 3.03. The summed E-state index contributed by atoms with van der Waals surface area (Å²) in [5.41, 5.74) is 1.00. The number of hydrogen-bond donors (Lipinski definition) is 2. The summed E-state index contributed by atoms with van der Waals surface area (Å²) in [5, 5.41) is 11.8. The zero-order valence-corrected chi connectivity index (χ0v) is 9.69. The molecule has 0 saturated heterocycles. The van der Waals surface area contributed by atoms with Crippen molar-refractivity contribution in [1.82, 2.24) is 5.32 Å². The van der Waals surface area contributed by atoms with Gasteiger partial charge in [-0.2, -0.15) is 0 Å². The highest BCUT2D eigenvalue weighted by Crippen LogP contribution is 2.47. The minimum absolute atomic E-state index is 0.0276. The molecule has 0 heterocycles. The molecule has 1 aromatic carbocycles. The van der Waals surface area contributed by atoms with Crippen LogP contribution in [0.15, 0.2) is 24.3 Å². The first-order valence-electron chi connectivity index (χ1n) is 5.79. The molecule has 1 saturated carbocycles. The Hall–Kier alpha value is -1.42. The van der Waals surface area contributed by atoms with E-state index < -0.39 is 6.10 Å². The second-order valence-corrected chi connectivity index (χ2v) is 4.59. The number of halogens is 1. The van der Waals surface area contributed by atoms with Gasteiger partial charge in [-0.05, 0) is 37.0 Å². The molecule has 0 unspecified atom stereocenters. The van der Waals surface area contributed by atoms with Gasteiger partial charge in [-0.3, -0.25) is 4.79 Å². The third-order valence-electron chi connectivity index (χ3n) is 3.00. The number of carbonyl (C=O) groups is 1. The van der Waals surface area contributed by atoms with E-state index >= 15 is 0 Å². The Morgan fingerprint density at radius 3 is 2.76 bits per heavy atom. The first kappa shape index (κ1) is 12.0. The van der Waals surface area contributed by atoms with Crippen molar-refractivity contribution < 1.29 is 14.3 Å². The molecule has 92 valence electrons. The van der Waals surface area contributed by atoms with Crippen LogP contribution in [0, 0.1) is 11.7 Å². The van der Waals surface area contributed by atoms with Crippen molar-refractivity contribution in [3.8, 4) is 0 Å². The van der Waals surface area contributed by atoms with Crippen molar-refractivity contribution in [2.24, 2.45) is 5.92 Å². The number of benzene rings is 1. The van der Waals surface area contributed by atoms with Crippen molar-refractivity contribution in [3.05, 3.63) is 35.6 Å². The number of hydrogen-bond acceptors (Lipinski definition) is 2. The monoisotopic (exact) mass is 237 g/mol. The lowest BCUT2D eigenvalue weighted by Crippen LogP contribution is -2.31. The second-order valence-electron chi connectivity index (χ2n) is 4.59. The summed E-state index contributed by atoms with van der Waals surface area (Å²) in [7, 11) is 0. The Morgan fingerprint density at radius 1 is 1.53 bits per heavy atom. The topological polar surface area (TPSA) is 49.3 Å². The molecule has 3 atom stereocenters. The van der Waals surface area contributed by atoms with Crippen molar-refractivity contribution in [3.63, 3.8) is 0 Å². The van der Waals surface area contributed by atoms with Crippen LogP contribution < -0.4 is 5.32 Å². The molecule has 0 aliphatic heterocycles. The fraction of sp³-hybridized carbons (Fsp3) is 0.462. The van der Waals surface area contributed by atoms with Gasteiger partial charge in [0.15, 0.2) is 0 Å². The van der Waals surface area contributed by atoms with Gasteiger partial charge in [-0.1, -0.05) is 12.1 Å². The Bertz CT molecular complexity index is 402. The fourth-order valence-corrected chi connectivity index (χ4v) is 1.94. The predicted octanol–water partition coefficient (Wildman–Crippen LogP) is 1.43. The Morgan fingerprint density at radius 2 is 2.18 bits per heavy atom. The van der Waals surface area contributed by atoms with E-state index in [0.717, 1.165) is 12.0 Å². The van der Waals surface area contributed by atoms with Crippen molar-refractivity contribution in [2.75, 3.05) is 6.54 Å². The van der Waals surface area contributed by atoms with E-state index in [1.165, 1.54) is 12.1 Å². The first-order chi connectivity index (χ1) is 8.08. The van der Waals surface area contributed by atoms with Crippen LogP contribution in [0.2, 0.25) is 0 Å². The summed E-state index contributed by atoms with van der Waals surface area (Å²) in [4.78, 5) is 11.7. The molecule has 0 radical (unpaired) electrons. The highest BCUT2D eigenvalue weighted by atomic mass is 19.1. The van der Waals surface area contributed by atoms with Gasteiger partial charge in [0.2, 0.25) is 5.91 Å². The van der Waals surface area contributed by atoms with Crippen LogP contribution in [0.1, 0.15) is 24.8 Å². The van der Waals surface area contributed by atoms with E-state index in [1.54, 1.807) is 19.1 Å². The van der Waals surface area contributed by atoms with Crippen molar-refractivity contribution in [2.45, 2.75) is 25.4 Å². The lowest BCUT2D eigenvalue weighted by Gasteiger charge is -2.06. The summed E-state index contributed by atoms with van der Waals surface area (Å²) < 4.78 is 12.7. The maximum atomic E-state index is 12.7. The van der Waals surface area contributed by atoms with Crippen LogP contribution in [-0.2, 0) is 4.79 Å². The predicted molar refractivity (Wildman–Crippen MR) is 61.9 cm³/mol. The third-order valence-corrected chi connectivity index (χ3v) is 3.00. The standard InChI is InChI=1S/C13H16FNO2/c1-8(16)7-15-13(17)12-6-11(12)9-2-4-10(14)5-3-9/h2-5,8,11-12,16H,6-7H2,1H3,(H,15,17)/t8-,11+,12-/m0/s1. The normalized spacial score (nSPS) is 24.2. The molecule has 2 rings (SSSR count). The van der Waals surface area contributed by atoms with E-state index in [1.807, 2.05) is 0 Å². The van der Waals surface area contributed by atoms with E-state index in [9.17, 15) is 9.18 Å². The molecule has 1 aromatic rings. The zero-order valence-electron chi connectivity index (χ0n) is 9.69. The lowest BCUT2D eigenvalue weighted by atomic mass is 10.1. The number of amides is 1. The molecular weight excluding hydrogens is 221 g/mol. The van der Waals surface area contributed by atoms with Gasteiger partial charge in [0.25, 0.3) is 0 Å². The molecule has 3 nitrogen and oxygen atoms in total. The van der Waals surface area contributed by atoms with Crippen LogP contribution >= 0.6 is 0 Å². The van der Waals surface area contributed by atoms with E-state index in [2.05, 4.69) is 5.32 Å². The van der Waals surface area contributed by atoms with Gasteiger partial charge < -0.3 is 10.4 Å².